The Bertz CT molecular complexity index is 2760. The van der Waals surface area contributed by atoms with E-state index >= 15 is 0 Å². The van der Waals surface area contributed by atoms with E-state index in [-0.39, 0.29) is 12.1 Å². The fraction of sp³-hybridized carbons (Fsp3) is 0. The van der Waals surface area contributed by atoms with Gasteiger partial charge >= 0.3 is 0 Å². The molecule has 0 aromatic heterocycles. The van der Waals surface area contributed by atoms with Crippen molar-refractivity contribution in [2.24, 2.45) is 0 Å². The van der Waals surface area contributed by atoms with Crippen LogP contribution in [0.15, 0.2) is 122 Å². The zero-order valence-electron chi connectivity index (χ0n) is 24.0. The molecule has 0 aliphatic rings. The third-order valence-electron chi connectivity index (χ3n) is 6.57. The molecule has 4 aromatic rings. The summed E-state index contributed by atoms with van der Waals surface area (Å²) >= 11 is 11.4. The molecule has 0 unspecified atom stereocenters. The Kier molecular flexibility index (Phi) is 10.5. The molecule has 0 radical (unpaired) electrons. The second kappa shape index (κ2) is 13.1. The lowest BCUT2D eigenvalue weighted by Crippen LogP contribution is -2.14. The molecule has 0 saturated carbocycles. The first-order valence-corrected chi connectivity index (χ1v) is 23.4. The van der Waals surface area contributed by atoms with Crippen molar-refractivity contribution in [1.29, 1.82) is 0 Å². The van der Waals surface area contributed by atoms with Crippen molar-refractivity contribution in [3.05, 3.63) is 82.8 Å². The minimum Gasteiger partial charge on any atom is -0.282 e. The molecule has 4 N–H and O–H groups in total. The number of benzene rings is 4. The zero-order valence-corrected chi connectivity index (χ0v) is 31.3. The normalized spacial score (nSPS) is 13.6. The molecule has 0 aliphatic carbocycles. The molecule has 0 heterocycles. The van der Waals surface area contributed by atoms with Crippen LogP contribution in [0.1, 0.15) is 0 Å². The van der Waals surface area contributed by atoms with E-state index in [0.717, 1.165) is 0 Å². The van der Waals surface area contributed by atoms with E-state index in [9.17, 15) is 77.1 Å². The van der Waals surface area contributed by atoms with Gasteiger partial charge in [0, 0.05) is 0 Å². The van der Waals surface area contributed by atoms with Crippen molar-refractivity contribution in [2.45, 2.75) is 49.0 Å². The largest absolute Gasteiger partial charge is 0.296 e. The highest BCUT2D eigenvalue weighted by atomic mass is 35.5. The predicted octanol–water partition coefficient (Wildman–Crippen LogP) is 2.48. The van der Waals surface area contributed by atoms with Gasteiger partial charge in [0.05, 0.1) is 39.4 Å². The fourth-order valence-corrected chi connectivity index (χ4v) is 13.0. The Balaban J connectivity index is 1.94. The summed E-state index contributed by atoms with van der Waals surface area (Å²) in [4.78, 5) is -12.4. The third-order valence-corrected chi connectivity index (χ3v) is 16.7. The van der Waals surface area contributed by atoms with Crippen LogP contribution in [0.3, 0.4) is 0 Å². The molecule has 27 heteroatoms. The molecule has 4 rings (SSSR count). The first-order valence-electron chi connectivity index (χ1n) is 12.4. The zero-order chi connectivity index (χ0) is 38.9. The summed E-state index contributed by atoms with van der Waals surface area (Å²) in [5.74, 6) is 0. The van der Waals surface area contributed by atoms with Gasteiger partial charge < -0.3 is 0 Å². The highest BCUT2D eigenvalue weighted by Crippen LogP contribution is 2.36. The smallest absolute Gasteiger partial charge is 0.282 e. The van der Waals surface area contributed by atoms with Crippen LogP contribution >= 0.6 is 23.2 Å². The summed E-state index contributed by atoms with van der Waals surface area (Å²) in [5.41, 5.74) is 0. The lowest BCUT2D eigenvalue weighted by atomic mass is 10.3. The highest BCUT2D eigenvalue weighted by molar-refractivity contribution is 7.94. The van der Waals surface area contributed by atoms with Crippen LogP contribution < -0.4 is 0 Å². The summed E-state index contributed by atoms with van der Waals surface area (Å²) in [5, 5.41) is -1.29. The van der Waals surface area contributed by atoms with E-state index < -0.39 is 129 Å². The fourth-order valence-electron chi connectivity index (χ4n) is 4.25. The lowest BCUT2D eigenvalue weighted by Gasteiger charge is -2.14. The second-order valence-electron chi connectivity index (χ2n) is 9.81. The summed E-state index contributed by atoms with van der Waals surface area (Å²) < 4.78 is 215. The molecule has 0 fully saturated rings. The van der Waals surface area contributed by atoms with Gasteiger partial charge in [-0.3, -0.25) is 18.2 Å². The van der Waals surface area contributed by atoms with E-state index in [2.05, 4.69) is 0 Å². The highest BCUT2D eigenvalue weighted by Gasteiger charge is 2.34. The van der Waals surface area contributed by atoms with Gasteiger partial charge in [0.15, 0.2) is 0 Å². The molecule has 276 valence electrons. The van der Waals surface area contributed by atoms with Crippen LogP contribution in [0.25, 0.3) is 0 Å². The summed E-state index contributed by atoms with van der Waals surface area (Å²) in [7, 11) is -37.2. The SMILES string of the molecule is O=S(=O)(O)c1cc(S(=O)(=O)c2ccc(S(=O)(=O)c3ccc(S(=O)(=O)c4ccc(Cl)c(S(=O)(=O)O)c4)c(S(=O)(=O)O)c3)cc2S(=O)(=O)O)ccc1Cl. The van der Waals surface area contributed by atoms with Crippen LogP contribution in [-0.2, 0) is 70.0 Å². The molecule has 0 saturated heterocycles. The Labute approximate surface area is 300 Å². The van der Waals surface area contributed by atoms with E-state index in [0.29, 0.717) is 60.7 Å². The van der Waals surface area contributed by atoms with E-state index in [1.807, 2.05) is 0 Å². The first kappa shape index (κ1) is 40.7. The Morgan fingerprint density at radius 2 is 0.549 bits per heavy atom. The van der Waals surface area contributed by atoms with Crippen LogP contribution in [0.2, 0.25) is 10.0 Å². The van der Waals surface area contributed by atoms with Gasteiger partial charge in [-0.2, -0.15) is 33.7 Å². The molecule has 0 atom stereocenters. The lowest BCUT2D eigenvalue weighted by molar-refractivity contribution is 0.477. The van der Waals surface area contributed by atoms with Crippen molar-refractivity contribution in [3.63, 3.8) is 0 Å². The van der Waals surface area contributed by atoms with Crippen molar-refractivity contribution in [3.8, 4) is 0 Å². The van der Waals surface area contributed by atoms with E-state index in [4.69, 9.17) is 23.2 Å². The van der Waals surface area contributed by atoms with Crippen molar-refractivity contribution in [2.75, 3.05) is 0 Å². The Morgan fingerprint density at radius 1 is 0.314 bits per heavy atom. The minimum absolute atomic E-state index is 0.111. The quantitative estimate of drug-likeness (QED) is 0.166. The van der Waals surface area contributed by atoms with Crippen molar-refractivity contribution < 1.29 is 77.1 Å². The summed E-state index contributed by atoms with van der Waals surface area (Å²) in [6, 6.07) is 5.30. The van der Waals surface area contributed by atoms with Gasteiger partial charge in [0.2, 0.25) is 29.5 Å². The average Bonchev–Trinajstić information content (AvgIpc) is 2.98. The van der Waals surface area contributed by atoms with Gasteiger partial charge in [-0.25, -0.2) is 25.3 Å². The van der Waals surface area contributed by atoms with Gasteiger partial charge in [0.1, 0.15) is 19.6 Å². The number of rotatable bonds is 10. The second-order valence-corrected chi connectivity index (χ2v) is 22.0. The van der Waals surface area contributed by atoms with Crippen molar-refractivity contribution in [1.82, 2.24) is 0 Å². The Hall–Kier alpha value is -3.05. The monoisotopic (exact) mass is 886 g/mol. The third kappa shape index (κ3) is 7.99. The maximum absolute atomic E-state index is 13.6. The standard InChI is InChI=1S/C24H16Cl2O18S7/c25-17-5-1-15(9-21(17)48(33,34)35)46(29,30)19-7-3-13(11-23(19)50(39,40)41)45(27,28)14-4-8-20(24(12-14)51(42,43)44)47(31,32)16-2-6-18(26)22(10-16)49(36,37)38/h1-12H,(H,33,34,35)(H,36,37,38)(H,39,40,41)(H,42,43,44). The first-order chi connectivity index (χ1) is 22.9. The van der Waals surface area contributed by atoms with Crippen LogP contribution in [0, 0.1) is 0 Å². The molecule has 18 nitrogen and oxygen atoms in total. The maximum atomic E-state index is 13.6. The number of sulfone groups is 3. The number of halogens is 2. The number of hydrogen-bond acceptors (Lipinski definition) is 14. The van der Waals surface area contributed by atoms with Gasteiger partial charge in [-0.1, -0.05) is 23.2 Å². The van der Waals surface area contributed by atoms with Gasteiger partial charge in [-0.15, -0.1) is 0 Å². The van der Waals surface area contributed by atoms with Crippen LogP contribution in [-0.4, -0.2) is 77.1 Å². The van der Waals surface area contributed by atoms with Gasteiger partial charge in [-0.05, 0) is 72.8 Å². The maximum Gasteiger partial charge on any atom is 0.296 e. The molecular weight excluding hydrogens is 872 g/mol. The minimum atomic E-state index is -5.66. The summed E-state index contributed by atoms with van der Waals surface area (Å²) in [6.07, 6.45) is 0. The van der Waals surface area contributed by atoms with Gasteiger partial charge in [0.25, 0.3) is 40.5 Å². The molecule has 0 bridgehead atoms. The summed E-state index contributed by atoms with van der Waals surface area (Å²) in [6.45, 7) is 0. The van der Waals surface area contributed by atoms with E-state index in [1.165, 1.54) is 0 Å². The van der Waals surface area contributed by atoms with Crippen LogP contribution in [0.5, 0.6) is 0 Å². The molecule has 51 heavy (non-hydrogen) atoms. The van der Waals surface area contributed by atoms with Crippen LogP contribution in [0.4, 0.5) is 0 Å². The predicted molar refractivity (Wildman–Crippen MR) is 171 cm³/mol. The van der Waals surface area contributed by atoms with Crippen molar-refractivity contribution >= 4 is 93.2 Å². The molecule has 0 amide bonds. The molecule has 4 aromatic carbocycles. The molecule has 0 spiro atoms. The topological polar surface area (TPSA) is 320 Å². The van der Waals surface area contributed by atoms with E-state index in [1.54, 1.807) is 0 Å². The Morgan fingerprint density at radius 3 is 0.824 bits per heavy atom. The average molecular weight is 888 g/mol. The molecule has 0 aliphatic heterocycles. The molecular formula is C24H16Cl2O18S7. The number of hydrogen-bond donors (Lipinski definition) is 4.